The van der Waals surface area contributed by atoms with Crippen LogP contribution in [0.2, 0.25) is 0 Å². The second-order valence-electron chi connectivity index (χ2n) is 4.09. The molecule has 0 aromatic heterocycles. The molecule has 102 valence electrons. The van der Waals surface area contributed by atoms with Gasteiger partial charge in [0.2, 0.25) is 0 Å². The van der Waals surface area contributed by atoms with Gasteiger partial charge in [0.25, 0.3) is 0 Å². The van der Waals surface area contributed by atoms with Crippen LogP contribution in [0, 0.1) is 10.1 Å². The summed E-state index contributed by atoms with van der Waals surface area (Å²) in [5.74, 6) is 0.208. The number of nitro benzene ring substituents is 1. The maximum Gasteiger partial charge on any atom is 0.311 e. The Morgan fingerprint density at radius 3 is 2.74 bits per heavy atom. The van der Waals surface area contributed by atoms with Gasteiger partial charge in [-0.1, -0.05) is 6.08 Å². The minimum Gasteiger partial charge on any atom is -0.487 e. The van der Waals surface area contributed by atoms with Crippen molar-refractivity contribution in [2.24, 2.45) is 0 Å². The maximum absolute atomic E-state index is 10.9. The summed E-state index contributed by atoms with van der Waals surface area (Å²) in [4.78, 5) is 20.9. The van der Waals surface area contributed by atoms with E-state index in [4.69, 9.17) is 4.74 Å². The molecule has 0 aliphatic rings. The van der Waals surface area contributed by atoms with E-state index >= 15 is 0 Å². The zero-order valence-corrected chi connectivity index (χ0v) is 10.7. The van der Waals surface area contributed by atoms with Crippen molar-refractivity contribution in [1.29, 1.82) is 0 Å². The highest BCUT2D eigenvalue weighted by Crippen LogP contribution is 2.27. The lowest BCUT2D eigenvalue weighted by Gasteiger charge is -2.06. The number of hydrogen-bond acceptors (Lipinski definition) is 4. The average Bonchev–Trinajstić information content (AvgIpc) is 2.42. The Morgan fingerprint density at radius 2 is 2.11 bits per heavy atom. The van der Waals surface area contributed by atoms with Crippen LogP contribution in [-0.4, -0.2) is 17.8 Å². The predicted octanol–water partition coefficient (Wildman–Crippen LogP) is 3.53. The Labute approximate surface area is 112 Å². The van der Waals surface area contributed by atoms with E-state index in [-0.39, 0.29) is 17.0 Å². The highest BCUT2D eigenvalue weighted by molar-refractivity contribution is 5.77. The monoisotopic (exact) mass is 263 g/mol. The number of rotatable bonds is 9. The number of allylic oxidation sites excluding steroid dienone is 1. The molecule has 1 aromatic rings. The summed E-state index contributed by atoms with van der Waals surface area (Å²) in [5.41, 5.74) is 0.0979. The normalized spacial score (nSPS) is 9.89. The first-order valence-corrected chi connectivity index (χ1v) is 6.16. The molecule has 0 amide bonds. The molecule has 0 unspecified atom stereocenters. The summed E-state index contributed by atoms with van der Waals surface area (Å²) in [5, 5.41) is 10.9. The van der Waals surface area contributed by atoms with Gasteiger partial charge in [-0.2, -0.15) is 0 Å². The third-order valence-electron chi connectivity index (χ3n) is 2.63. The summed E-state index contributed by atoms with van der Waals surface area (Å²) in [6.45, 7) is 4.07. The fourth-order valence-corrected chi connectivity index (χ4v) is 1.62. The van der Waals surface area contributed by atoms with E-state index in [9.17, 15) is 14.9 Å². The molecule has 5 heteroatoms. The molecule has 0 saturated carbocycles. The van der Waals surface area contributed by atoms with Crippen LogP contribution in [0.4, 0.5) is 5.69 Å². The van der Waals surface area contributed by atoms with Gasteiger partial charge < -0.3 is 4.74 Å². The van der Waals surface area contributed by atoms with Crippen molar-refractivity contribution in [1.82, 2.24) is 0 Å². The third kappa shape index (κ3) is 4.91. The van der Waals surface area contributed by atoms with Crippen molar-refractivity contribution in [2.45, 2.75) is 25.7 Å². The second kappa shape index (κ2) is 8.02. The van der Waals surface area contributed by atoms with Crippen LogP contribution in [0.25, 0.3) is 0 Å². The van der Waals surface area contributed by atoms with E-state index in [1.54, 1.807) is 0 Å². The van der Waals surface area contributed by atoms with Crippen LogP contribution in [0.15, 0.2) is 30.9 Å². The van der Waals surface area contributed by atoms with E-state index in [1.165, 1.54) is 18.2 Å². The lowest BCUT2D eigenvalue weighted by Crippen LogP contribution is -2.01. The van der Waals surface area contributed by atoms with Crippen molar-refractivity contribution < 1.29 is 14.5 Å². The van der Waals surface area contributed by atoms with Gasteiger partial charge in [-0.3, -0.25) is 14.9 Å². The number of nitro groups is 1. The van der Waals surface area contributed by atoms with Gasteiger partial charge in [0, 0.05) is 11.6 Å². The molecule has 0 radical (unpaired) electrons. The van der Waals surface area contributed by atoms with Crippen LogP contribution >= 0.6 is 0 Å². The van der Waals surface area contributed by atoms with Crippen molar-refractivity contribution >= 4 is 12.0 Å². The molecule has 5 nitrogen and oxygen atoms in total. The molecule has 0 heterocycles. The average molecular weight is 263 g/mol. The summed E-state index contributed by atoms with van der Waals surface area (Å²) < 4.78 is 5.39. The largest absolute Gasteiger partial charge is 0.487 e. The van der Waals surface area contributed by atoms with Gasteiger partial charge in [0.05, 0.1) is 11.5 Å². The van der Waals surface area contributed by atoms with E-state index in [0.29, 0.717) is 12.9 Å². The molecule has 1 rings (SSSR count). The molecule has 0 atom stereocenters. The van der Waals surface area contributed by atoms with Crippen molar-refractivity contribution in [2.75, 3.05) is 6.61 Å². The number of carbonyl (C=O) groups is 1. The van der Waals surface area contributed by atoms with Crippen molar-refractivity contribution in [3.63, 3.8) is 0 Å². The molecular formula is C14H17NO4. The standard InChI is InChI=1S/C14H17NO4/c1-2-3-4-5-6-9-19-14-8-7-12(11-16)10-13(14)15(17)18/h2,7-8,10-11H,1,3-6,9H2. The lowest BCUT2D eigenvalue weighted by molar-refractivity contribution is -0.385. The summed E-state index contributed by atoms with van der Waals surface area (Å²) >= 11 is 0. The number of carbonyl (C=O) groups excluding carboxylic acids is 1. The summed E-state index contributed by atoms with van der Waals surface area (Å²) in [6, 6.07) is 4.19. The first-order chi connectivity index (χ1) is 9.19. The molecule has 0 bridgehead atoms. The first kappa shape index (κ1) is 14.9. The Morgan fingerprint density at radius 1 is 1.32 bits per heavy atom. The van der Waals surface area contributed by atoms with Gasteiger partial charge in [0.1, 0.15) is 6.29 Å². The highest BCUT2D eigenvalue weighted by Gasteiger charge is 2.15. The third-order valence-corrected chi connectivity index (χ3v) is 2.63. The zero-order chi connectivity index (χ0) is 14.1. The Kier molecular flexibility index (Phi) is 6.29. The smallest absolute Gasteiger partial charge is 0.311 e. The SMILES string of the molecule is C=CCCCCCOc1ccc(C=O)cc1[N+](=O)[O-]. The van der Waals surface area contributed by atoms with Crippen LogP contribution in [0.3, 0.4) is 0 Å². The van der Waals surface area contributed by atoms with Gasteiger partial charge >= 0.3 is 5.69 Å². The van der Waals surface area contributed by atoms with Gasteiger partial charge in [0.15, 0.2) is 5.75 Å². The minimum atomic E-state index is -0.542. The highest BCUT2D eigenvalue weighted by atomic mass is 16.6. The molecule has 19 heavy (non-hydrogen) atoms. The molecule has 0 spiro atoms. The van der Waals surface area contributed by atoms with E-state index in [1.807, 2.05) is 6.08 Å². The molecule has 0 N–H and O–H groups in total. The molecule has 0 saturated heterocycles. The van der Waals surface area contributed by atoms with Crippen LogP contribution in [-0.2, 0) is 0 Å². The predicted molar refractivity (Wildman–Crippen MR) is 72.6 cm³/mol. The quantitative estimate of drug-likeness (QED) is 0.225. The van der Waals surface area contributed by atoms with E-state index < -0.39 is 4.92 Å². The number of ether oxygens (including phenoxy) is 1. The Bertz CT molecular complexity index is 457. The fourth-order valence-electron chi connectivity index (χ4n) is 1.62. The van der Waals surface area contributed by atoms with E-state index in [2.05, 4.69) is 6.58 Å². The molecule has 0 fully saturated rings. The van der Waals surface area contributed by atoms with Crippen molar-refractivity contribution in [3.8, 4) is 5.75 Å². The van der Waals surface area contributed by atoms with Gasteiger partial charge in [-0.05, 0) is 37.8 Å². The lowest BCUT2D eigenvalue weighted by atomic mass is 10.2. The Balaban J connectivity index is 2.55. The van der Waals surface area contributed by atoms with Crippen LogP contribution in [0.1, 0.15) is 36.0 Å². The summed E-state index contributed by atoms with van der Waals surface area (Å²) in [6.07, 6.45) is 6.27. The molecule has 0 aliphatic carbocycles. The topological polar surface area (TPSA) is 69.4 Å². The van der Waals surface area contributed by atoms with Gasteiger partial charge in [-0.25, -0.2) is 0 Å². The summed E-state index contributed by atoms with van der Waals surface area (Å²) in [7, 11) is 0. The second-order valence-corrected chi connectivity index (χ2v) is 4.09. The number of benzene rings is 1. The van der Waals surface area contributed by atoms with Crippen LogP contribution in [0.5, 0.6) is 5.75 Å². The zero-order valence-electron chi connectivity index (χ0n) is 10.7. The first-order valence-electron chi connectivity index (χ1n) is 6.16. The number of unbranched alkanes of at least 4 members (excludes halogenated alkanes) is 3. The van der Waals surface area contributed by atoms with Gasteiger partial charge in [-0.15, -0.1) is 6.58 Å². The number of nitrogens with zero attached hydrogens (tertiary/aromatic N) is 1. The number of aldehydes is 1. The van der Waals surface area contributed by atoms with Crippen molar-refractivity contribution in [3.05, 3.63) is 46.5 Å². The maximum atomic E-state index is 10.9. The molecule has 1 aromatic carbocycles. The van der Waals surface area contributed by atoms with E-state index in [0.717, 1.165) is 25.7 Å². The Hall–Kier alpha value is -2.17. The molecule has 0 aliphatic heterocycles. The van der Waals surface area contributed by atoms with Crippen LogP contribution < -0.4 is 4.74 Å². The number of hydrogen-bond donors (Lipinski definition) is 0. The molecular weight excluding hydrogens is 246 g/mol. The minimum absolute atomic E-state index is 0.171. The fraction of sp³-hybridized carbons (Fsp3) is 0.357.